The maximum atomic E-state index is 13.0. The van der Waals surface area contributed by atoms with Gasteiger partial charge in [-0.25, -0.2) is 4.39 Å². The molecule has 4 heteroatoms. The van der Waals surface area contributed by atoms with Crippen LogP contribution in [0.15, 0.2) is 12.1 Å². The third kappa shape index (κ3) is 2.07. The fraction of sp³-hybridized carbons (Fsp3) is 0.300. The molecular weight excluding hydrogens is 190 g/mol. The number of carbonyl (C=O) groups excluding carboxylic acids is 1. The number of benzene rings is 1. The zero-order valence-electron chi connectivity index (χ0n) is 7.93. The van der Waals surface area contributed by atoms with Gasteiger partial charge in [0.1, 0.15) is 0 Å². The lowest BCUT2D eigenvalue weighted by Crippen LogP contribution is -2.01. The summed E-state index contributed by atoms with van der Waals surface area (Å²) in [6.45, 7) is 3.15. The molecule has 0 saturated heterocycles. The van der Waals surface area contributed by atoms with E-state index < -0.39 is 11.6 Å². The van der Waals surface area contributed by atoms with Crippen LogP contribution in [-0.2, 0) is 0 Å². The molecule has 0 N–H and O–H groups in total. The van der Waals surface area contributed by atoms with Gasteiger partial charge in [-0.05, 0) is 26.0 Å². The van der Waals surface area contributed by atoms with Gasteiger partial charge < -0.3 is 4.74 Å². The summed E-state index contributed by atoms with van der Waals surface area (Å²) in [4.78, 5) is 10.9. The Balaban J connectivity index is 3.20. The minimum atomic E-state index is -1.07. The lowest BCUT2D eigenvalue weighted by atomic mass is 10.1. The molecule has 0 aliphatic carbocycles. The Morgan fingerprint density at radius 1 is 1.43 bits per heavy atom. The number of hydrogen-bond donors (Lipinski definition) is 0. The first-order valence-electron chi connectivity index (χ1n) is 4.19. The normalized spacial score (nSPS) is 10.0. The number of ether oxygens (including phenoxy) is 1. The maximum absolute atomic E-state index is 13.0. The largest absolute Gasteiger partial charge is 0.491 e. The lowest BCUT2D eigenvalue weighted by molar-refractivity contribution is 0.101. The third-order valence-electron chi connectivity index (χ3n) is 1.70. The van der Waals surface area contributed by atoms with Crippen molar-refractivity contribution in [2.24, 2.45) is 0 Å². The summed E-state index contributed by atoms with van der Waals surface area (Å²) in [7, 11) is 0. The van der Waals surface area contributed by atoms with Crippen LogP contribution in [0.3, 0.4) is 0 Å². The van der Waals surface area contributed by atoms with Crippen LogP contribution in [0.5, 0.6) is 5.75 Å². The zero-order chi connectivity index (χ0) is 10.7. The van der Waals surface area contributed by atoms with Gasteiger partial charge in [0.2, 0.25) is 5.82 Å². The van der Waals surface area contributed by atoms with Crippen LogP contribution in [0.25, 0.3) is 0 Å². The summed E-state index contributed by atoms with van der Waals surface area (Å²) >= 11 is 0. The number of halogens is 2. The number of carbonyl (C=O) groups is 1. The molecule has 0 saturated carbocycles. The van der Waals surface area contributed by atoms with Crippen molar-refractivity contribution in [1.82, 2.24) is 0 Å². The van der Waals surface area contributed by atoms with E-state index in [1.807, 2.05) is 0 Å². The topological polar surface area (TPSA) is 26.3 Å². The fourth-order valence-electron chi connectivity index (χ4n) is 1.03. The van der Waals surface area contributed by atoms with E-state index in [0.717, 1.165) is 6.07 Å². The number of rotatable bonds is 3. The smallest absolute Gasteiger partial charge is 0.200 e. The lowest BCUT2D eigenvalue weighted by Gasteiger charge is -2.06. The van der Waals surface area contributed by atoms with E-state index in [1.54, 1.807) is 6.92 Å². The van der Waals surface area contributed by atoms with E-state index in [-0.39, 0.29) is 23.7 Å². The van der Waals surface area contributed by atoms with Gasteiger partial charge in [0.05, 0.1) is 6.61 Å². The van der Waals surface area contributed by atoms with Crippen LogP contribution in [0.2, 0.25) is 0 Å². The van der Waals surface area contributed by atoms with E-state index >= 15 is 0 Å². The first-order chi connectivity index (χ1) is 6.56. The molecule has 0 radical (unpaired) electrons. The van der Waals surface area contributed by atoms with Crippen LogP contribution in [-0.4, -0.2) is 12.4 Å². The van der Waals surface area contributed by atoms with Gasteiger partial charge in [0.15, 0.2) is 17.3 Å². The third-order valence-corrected chi connectivity index (χ3v) is 1.70. The van der Waals surface area contributed by atoms with Crippen molar-refractivity contribution in [2.45, 2.75) is 13.8 Å². The second-order valence-electron chi connectivity index (χ2n) is 2.76. The van der Waals surface area contributed by atoms with Crippen molar-refractivity contribution in [3.05, 3.63) is 29.3 Å². The van der Waals surface area contributed by atoms with Crippen molar-refractivity contribution in [2.75, 3.05) is 6.61 Å². The summed E-state index contributed by atoms with van der Waals surface area (Å²) in [6.07, 6.45) is 0. The monoisotopic (exact) mass is 200 g/mol. The van der Waals surface area contributed by atoms with Gasteiger partial charge in [0.25, 0.3) is 0 Å². The molecular formula is C10H10F2O2. The molecule has 0 bridgehead atoms. The van der Waals surface area contributed by atoms with Crippen molar-refractivity contribution < 1.29 is 18.3 Å². The molecule has 0 aromatic heterocycles. The molecule has 14 heavy (non-hydrogen) atoms. The SMILES string of the molecule is CCOc1cc(C(C)=O)cc(F)c1F. The number of ketones is 1. The zero-order valence-corrected chi connectivity index (χ0v) is 7.93. The molecule has 0 fully saturated rings. The summed E-state index contributed by atoms with van der Waals surface area (Å²) in [5, 5.41) is 0. The molecule has 1 rings (SSSR count). The minimum Gasteiger partial charge on any atom is -0.491 e. The summed E-state index contributed by atoms with van der Waals surface area (Å²) in [5.74, 6) is -2.68. The molecule has 0 spiro atoms. The van der Waals surface area contributed by atoms with Crippen LogP contribution in [0.1, 0.15) is 24.2 Å². The van der Waals surface area contributed by atoms with Crippen LogP contribution in [0, 0.1) is 11.6 Å². The molecule has 0 atom stereocenters. The van der Waals surface area contributed by atoms with Crippen molar-refractivity contribution in [1.29, 1.82) is 0 Å². The minimum absolute atomic E-state index is 0.104. The van der Waals surface area contributed by atoms with Gasteiger partial charge in [-0.2, -0.15) is 4.39 Å². The van der Waals surface area contributed by atoms with Crippen molar-refractivity contribution in [3.8, 4) is 5.75 Å². The van der Waals surface area contributed by atoms with Crippen LogP contribution < -0.4 is 4.74 Å². The Kier molecular flexibility index (Phi) is 3.17. The molecule has 0 unspecified atom stereocenters. The predicted molar refractivity (Wildman–Crippen MR) is 47.5 cm³/mol. The second-order valence-corrected chi connectivity index (χ2v) is 2.76. The Labute approximate surface area is 80.5 Å². The van der Waals surface area contributed by atoms with Crippen molar-refractivity contribution >= 4 is 5.78 Å². The highest BCUT2D eigenvalue weighted by molar-refractivity contribution is 5.94. The van der Waals surface area contributed by atoms with Gasteiger partial charge in [0, 0.05) is 5.56 Å². The molecule has 0 aliphatic heterocycles. The summed E-state index contributed by atoms with van der Waals surface area (Å²) < 4.78 is 30.8. The number of Topliss-reactive ketones (excluding diaryl/α,β-unsaturated/α-hetero) is 1. The fourth-order valence-corrected chi connectivity index (χ4v) is 1.03. The van der Waals surface area contributed by atoms with Gasteiger partial charge in [-0.3, -0.25) is 4.79 Å². The average molecular weight is 200 g/mol. The first-order valence-corrected chi connectivity index (χ1v) is 4.19. The standard InChI is InChI=1S/C10H10F2O2/c1-3-14-9-5-7(6(2)13)4-8(11)10(9)12/h4-5H,3H2,1-2H3. The Hall–Kier alpha value is -1.45. The van der Waals surface area contributed by atoms with Crippen LogP contribution in [0.4, 0.5) is 8.78 Å². The van der Waals surface area contributed by atoms with Gasteiger partial charge >= 0.3 is 0 Å². The highest BCUT2D eigenvalue weighted by Crippen LogP contribution is 2.22. The number of hydrogen-bond acceptors (Lipinski definition) is 2. The highest BCUT2D eigenvalue weighted by Gasteiger charge is 2.13. The molecule has 2 nitrogen and oxygen atoms in total. The molecule has 0 aliphatic rings. The van der Waals surface area contributed by atoms with E-state index in [1.165, 1.54) is 13.0 Å². The average Bonchev–Trinajstić information content (AvgIpc) is 2.12. The Morgan fingerprint density at radius 3 is 2.57 bits per heavy atom. The Bertz CT molecular complexity index is 361. The van der Waals surface area contributed by atoms with E-state index in [0.29, 0.717) is 0 Å². The van der Waals surface area contributed by atoms with Crippen molar-refractivity contribution in [3.63, 3.8) is 0 Å². The summed E-state index contributed by atoms with van der Waals surface area (Å²) in [5.41, 5.74) is 0.104. The van der Waals surface area contributed by atoms with Gasteiger partial charge in [-0.1, -0.05) is 0 Å². The molecule has 0 heterocycles. The van der Waals surface area contributed by atoms with E-state index in [4.69, 9.17) is 4.74 Å². The summed E-state index contributed by atoms with van der Waals surface area (Å²) in [6, 6.07) is 2.06. The molecule has 0 amide bonds. The predicted octanol–water partition coefficient (Wildman–Crippen LogP) is 2.57. The molecule has 76 valence electrons. The maximum Gasteiger partial charge on any atom is 0.200 e. The molecule has 1 aromatic rings. The van der Waals surface area contributed by atoms with Gasteiger partial charge in [-0.15, -0.1) is 0 Å². The van der Waals surface area contributed by atoms with E-state index in [9.17, 15) is 13.6 Å². The molecule has 1 aromatic carbocycles. The first kappa shape index (κ1) is 10.6. The highest BCUT2D eigenvalue weighted by atomic mass is 19.2. The second kappa shape index (κ2) is 4.17. The van der Waals surface area contributed by atoms with Crippen LogP contribution >= 0.6 is 0 Å². The van der Waals surface area contributed by atoms with E-state index in [2.05, 4.69) is 0 Å². The Morgan fingerprint density at radius 2 is 2.07 bits per heavy atom. The quantitative estimate of drug-likeness (QED) is 0.701.